The molecule has 2 amide bonds. The van der Waals surface area contributed by atoms with Gasteiger partial charge in [-0.2, -0.15) is 5.10 Å². The molecule has 0 bridgehead atoms. The molecule has 1 aliphatic heterocycles. The van der Waals surface area contributed by atoms with E-state index in [1.54, 1.807) is 15.8 Å². The van der Waals surface area contributed by atoms with Crippen LogP contribution in [0, 0.1) is 12.8 Å². The Balaban J connectivity index is 1.71. The molecule has 2 N–H and O–H groups in total. The number of piperidine rings is 1. The van der Waals surface area contributed by atoms with E-state index >= 15 is 0 Å². The number of hydrogen-bond donors (Lipinski definition) is 2. The SMILES string of the molecule is Cc1ccc(-c2ccnn2C)cc1NC(=O)N1CCC(C(=O)O)CC1. The van der Waals surface area contributed by atoms with Crippen LogP contribution in [0.25, 0.3) is 11.3 Å². The van der Waals surface area contributed by atoms with Crippen LogP contribution in [0.5, 0.6) is 0 Å². The molecule has 0 radical (unpaired) electrons. The second-order valence-electron chi connectivity index (χ2n) is 6.40. The largest absolute Gasteiger partial charge is 0.481 e. The van der Waals surface area contributed by atoms with E-state index in [1.807, 2.05) is 38.2 Å². The highest BCUT2D eigenvalue weighted by Gasteiger charge is 2.27. The Bertz CT molecular complexity index is 791. The molecule has 1 saturated heterocycles. The summed E-state index contributed by atoms with van der Waals surface area (Å²) < 4.78 is 1.78. The monoisotopic (exact) mass is 342 g/mol. The van der Waals surface area contributed by atoms with Crippen molar-refractivity contribution >= 4 is 17.7 Å². The average Bonchev–Trinajstić information content (AvgIpc) is 3.03. The molecule has 132 valence electrons. The third-order valence-electron chi connectivity index (χ3n) is 4.73. The van der Waals surface area contributed by atoms with E-state index in [1.165, 1.54) is 0 Å². The second-order valence-corrected chi connectivity index (χ2v) is 6.40. The minimum atomic E-state index is -0.778. The number of amides is 2. The molecule has 7 heteroatoms. The summed E-state index contributed by atoms with van der Waals surface area (Å²) in [5.74, 6) is -1.13. The standard InChI is InChI=1S/C18H22N4O3/c1-12-3-4-14(16-5-8-19-21(16)2)11-15(12)20-18(25)22-9-6-13(7-10-22)17(23)24/h3-5,8,11,13H,6-7,9-10H2,1-2H3,(H,20,25)(H,23,24). The number of carbonyl (C=O) groups is 2. The van der Waals surface area contributed by atoms with E-state index in [0.717, 1.165) is 22.5 Å². The molecule has 1 fully saturated rings. The first kappa shape index (κ1) is 17.0. The Hall–Kier alpha value is -2.83. The Labute approximate surface area is 146 Å². The van der Waals surface area contributed by atoms with Gasteiger partial charge >= 0.3 is 12.0 Å². The smallest absolute Gasteiger partial charge is 0.321 e. The van der Waals surface area contributed by atoms with Gasteiger partial charge < -0.3 is 15.3 Å². The predicted molar refractivity (Wildman–Crippen MR) is 94.3 cm³/mol. The van der Waals surface area contributed by atoms with Crippen molar-refractivity contribution in [2.24, 2.45) is 13.0 Å². The van der Waals surface area contributed by atoms with E-state index in [0.29, 0.717) is 25.9 Å². The minimum absolute atomic E-state index is 0.186. The first-order valence-corrected chi connectivity index (χ1v) is 8.33. The van der Waals surface area contributed by atoms with Crippen molar-refractivity contribution in [3.05, 3.63) is 36.0 Å². The van der Waals surface area contributed by atoms with Crippen LogP contribution in [0.3, 0.4) is 0 Å². The zero-order valence-corrected chi connectivity index (χ0v) is 14.4. The first-order valence-electron chi connectivity index (χ1n) is 8.33. The molecule has 1 aromatic heterocycles. The van der Waals surface area contributed by atoms with Gasteiger partial charge in [-0.3, -0.25) is 9.48 Å². The second kappa shape index (κ2) is 6.96. The molecule has 0 unspecified atom stereocenters. The number of carbonyl (C=O) groups excluding carboxylic acids is 1. The molecule has 2 aromatic rings. The molecule has 1 aliphatic rings. The first-order chi connectivity index (χ1) is 12.0. The van der Waals surface area contributed by atoms with Crippen molar-refractivity contribution in [2.45, 2.75) is 19.8 Å². The fourth-order valence-corrected chi connectivity index (χ4v) is 3.10. The summed E-state index contributed by atoms with van der Waals surface area (Å²) in [7, 11) is 1.88. The summed E-state index contributed by atoms with van der Waals surface area (Å²) in [5, 5.41) is 16.2. The Morgan fingerprint density at radius 2 is 1.96 bits per heavy atom. The lowest BCUT2D eigenvalue weighted by Gasteiger charge is -2.30. The summed E-state index contributed by atoms with van der Waals surface area (Å²) in [5.41, 5.74) is 3.67. The van der Waals surface area contributed by atoms with Gasteiger partial charge in [-0.1, -0.05) is 12.1 Å². The summed E-state index contributed by atoms with van der Waals surface area (Å²) in [6.07, 6.45) is 2.73. The van der Waals surface area contributed by atoms with Gasteiger partial charge in [0.25, 0.3) is 0 Å². The third-order valence-corrected chi connectivity index (χ3v) is 4.73. The Morgan fingerprint density at radius 1 is 1.24 bits per heavy atom. The average molecular weight is 342 g/mol. The van der Waals surface area contributed by atoms with Crippen molar-refractivity contribution in [1.29, 1.82) is 0 Å². The number of aromatic nitrogens is 2. The van der Waals surface area contributed by atoms with Crippen molar-refractivity contribution in [3.8, 4) is 11.3 Å². The number of hydrogen-bond acceptors (Lipinski definition) is 3. The van der Waals surface area contributed by atoms with Crippen LogP contribution in [0.1, 0.15) is 18.4 Å². The molecule has 7 nitrogen and oxygen atoms in total. The molecule has 0 saturated carbocycles. The van der Waals surface area contributed by atoms with Crippen LogP contribution in [-0.2, 0) is 11.8 Å². The molecule has 0 aliphatic carbocycles. The van der Waals surface area contributed by atoms with Gasteiger partial charge in [0.1, 0.15) is 0 Å². The van der Waals surface area contributed by atoms with Gasteiger partial charge in [0.05, 0.1) is 11.6 Å². The van der Waals surface area contributed by atoms with Crippen molar-refractivity contribution < 1.29 is 14.7 Å². The van der Waals surface area contributed by atoms with Crippen LogP contribution < -0.4 is 5.32 Å². The topological polar surface area (TPSA) is 87.5 Å². The fraction of sp³-hybridized carbons (Fsp3) is 0.389. The van der Waals surface area contributed by atoms with Crippen molar-refractivity contribution in [2.75, 3.05) is 18.4 Å². The highest BCUT2D eigenvalue weighted by molar-refractivity contribution is 5.91. The zero-order valence-electron chi connectivity index (χ0n) is 14.4. The van der Waals surface area contributed by atoms with Gasteiger partial charge in [-0.05, 0) is 37.5 Å². The lowest BCUT2D eigenvalue weighted by Crippen LogP contribution is -2.42. The summed E-state index contributed by atoms with van der Waals surface area (Å²) in [4.78, 5) is 25.2. The van der Waals surface area contributed by atoms with Crippen LogP contribution in [0.15, 0.2) is 30.5 Å². The van der Waals surface area contributed by atoms with Crippen molar-refractivity contribution in [1.82, 2.24) is 14.7 Å². The van der Waals surface area contributed by atoms with E-state index in [2.05, 4.69) is 10.4 Å². The zero-order chi connectivity index (χ0) is 18.0. The normalized spacial score (nSPS) is 15.2. The number of rotatable bonds is 3. The number of nitrogens with one attached hydrogen (secondary N) is 1. The molecule has 25 heavy (non-hydrogen) atoms. The number of urea groups is 1. The van der Waals surface area contributed by atoms with E-state index in [4.69, 9.17) is 5.11 Å². The molecule has 0 atom stereocenters. The van der Waals surface area contributed by atoms with Crippen LogP contribution >= 0.6 is 0 Å². The van der Waals surface area contributed by atoms with Crippen LogP contribution in [-0.4, -0.2) is 44.9 Å². The summed E-state index contributed by atoms with van der Waals surface area (Å²) >= 11 is 0. The van der Waals surface area contributed by atoms with E-state index in [9.17, 15) is 9.59 Å². The number of benzene rings is 1. The maximum Gasteiger partial charge on any atom is 0.321 e. The molecule has 1 aromatic carbocycles. The number of nitrogens with zero attached hydrogens (tertiary/aromatic N) is 3. The summed E-state index contributed by atoms with van der Waals surface area (Å²) in [6, 6.07) is 7.64. The predicted octanol–water partition coefficient (Wildman–Crippen LogP) is 2.72. The Morgan fingerprint density at radius 3 is 2.56 bits per heavy atom. The van der Waals surface area contributed by atoms with Gasteiger partial charge in [-0.15, -0.1) is 0 Å². The lowest BCUT2D eigenvalue weighted by atomic mass is 9.97. The molecule has 2 heterocycles. The number of aliphatic carboxylic acids is 1. The van der Waals surface area contributed by atoms with Gasteiger partial charge in [-0.25, -0.2) is 4.79 Å². The number of likely N-dealkylation sites (tertiary alicyclic amines) is 1. The lowest BCUT2D eigenvalue weighted by molar-refractivity contribution is -0.143. The quantitative estimate of drug-likeness (QED) is 0.898. The number of carboxylic acid groups (broad SMARTS) is 1. The third kappa shape index (κ3) is 3.65. The maximum atomic E-state index is 12.5. The van der Waals surface area contributed by atoms with Gasteiger partial charge in [0.15, 0.2) is 0 Å². The number of aryl methyl sites for hydroxylation is 2. The molecule has 3 rings (SSSR count). The maximum absolute atomic E-state index is 12.5. The number of carboxylic acids is 1. The van der Waals surface area contributed by atoms with Crippen LogP contribution in [0.2, 0.25) is 0 Å². The minimum Gasteiger partial charge on any atom is -0.481 e. The molecular formula is C18H22N4O3. The van der Waals surface area contributed by atoms with E-state index in [-0.39, 0.29) is 11.9 Å². The fourth-order valence-electron chi connectivity index (χ4n) is 3.10. The molecular weight excluding hydrogens is 320 g/mol. The number of anilines is 1. The highest BCUT2D eigenvalue weighted by atomic mass is 16.4. The van der Waals surface area contributed by atoms with Crippen LogP contribution in [0.4, 0.5) is 10.5 Å². The Kier molecular flexibility index (Phi) is 4.74. The van der Waals surface area contributed by atoms with Crippen molar-refractivity contribution in [3.63, 3.8) is 0 Å². The molecule has 0 spiro atoms. The summed E-state index contributed by atoms with van der Waals surface area (Å²) in [6.45, 7) is 2.87. The van der Waals surface area contributed by atoms with Gasteiger partial charge in [0.2, 0.25) is 0 Å². The highest BCUT2D eigenvalue weighted by Crippen LogP contribution is 2.26. The van der Waals surface area contributed by atoms with Gasteiger partial charge in [0, 0.05) is 37.6 Å². The van der Waals surface area contributed by atoms with E-state index < -0.39 is 5.97 Å².